The lowest BCUT2D eigenvalue weighted by molar-refractivity contribution is -0.148. The van der Waals surface area contributed by atoms with Gasteiger partial charge in [0.05, 0.1) is 24.3 Å². The molecule has 0 bridgehead atoms. The van der Waals surface area contributed by atoms with Gasteiger partial charge in [0.25, 0.3) is 5.91 Å². The van der Waals surface area contributed by atoms with Crippen molar-refractivity contribution in [3.63, 3.8) is 0 Å². The first-order valence-electron chi connectivity index (χ1n) is 13.2. The van der Waals surface area contributed by atoms with Crippen LogP contribution < -0.4 is 0 Å². The fourth-order valence-electron chi connectivity index (χ4n) is 5.25. The predicted molar refractivity (Wildman–Crippen MR) is 148 cm³/mol. The van der Waals surface area contributed by atoms with Crippen LogP contribution in [0.5, 0.6) is 0 Å². The lowest BCUT2D eigenvalue weighted by Gasteiger charge is -2.40. The molecule has 1 atom stereocenters. The number of nitrogens with one attached hydrogen (secondary N) is 1. The highest BCUT2D eigenvalue weighted by molar-refractivity contribution is 6.35. The van der Waals surface area contributed by atoms with Gasteiger partial charge in [0.15, 0.2) is 0 Å². The molecule has 208 valence electrons. The Morgan fingerprint density at radius 3 is 2.64 bits per heavy atom. The van der Waals surface area contributed by atoms with Gasteiger partial charge in [-0.3, -0.25) is 9.69 Å². The van der Waals surface area contributed by atoms with E-state index in [0.29, 0.717) is 49.9 Å². The molecule has 2 aliphatic heterocycles. The van der Waals surface area contributed by atoms with Crippen molar-refractivity contribution in [2.24, 2.45) is 0 Å². The molecule has 1 fully saturated rings. The minimum atomic E-state index is -1.48. The topological polar surface area (TPSA) is 108 Å². The number of aromatic nitrogens is 2. The number of rotatable bonds is 3. The van der Waals surface area contributed by atoms with Gasteiger partial charge in [-0.2, -0.15) is 0 Å². The van der Waals surface area contributed by atoms with Gasteiger partial charge in [0, 0.05) is 43.0 Å². The van der Waals surface area contributed by atoms with E-state index in [4.69, 9.17) is 21.1 Å². The van der Waals surface area contributed by atoms with Gasteiger partial charge in [-0.05, 0) is 75.4 Å². The standard InChI is InChI=1S/C29H35ClN4O5/c1-28(2,3)39-27(36)34-8-9-38-16-24(34)20-11-18(19-12-21-23(30)14-32-25(21)31-13-19)10-17-6-7-33(15-22(17)20)26(35)29(4,5)37/h10-14,24,37H,6-9,15-16H2,1-5H3,(H,31,32). The van der Waals surface area contributed by atoms with E-state index in [0.717, 1.165) is 33.2 Å². The van der Waals surface area contributed by atoms with Gasteiger partial charge in [-0.1, -0.05) is 17.7 Å². The fourth-order valence-corrected chi connectivity index (χ4v) is 5.45. The maximum atomic E-state index is 13.3. The number of carbonyl (C=O) groups excluding carboxylic acids is 2. The van der Waals surface area contributed by atoms with E-state index in [9.17, 15) is 14.7 Å². The van der Waals surface area contributed by atoms with E-state index in [2.05, 4.69) is 22.1 Å². The quantitative estimate of drug-likeness (QED) is 0.479. The van der Waals surface area contributed by atoms with E-state index in [1.54, 1.807) is 22.2 Å². The van der Waals surface area contributed by atoms with Gasteiger partial charge in [-0.25, -0.2) is 9.78 Å². The summed E-state index contributed by atoms with van der Waals surface area (Å²) in [5, 5.41) is 11.8. The van der Waals surface area contributed by atoms with Crippen molar-refractivity contribution in [1.29, 1.82) is 0 Å². The van der Waals surface area contributed by atoms with Crippen molar-refractivity contribution in [2.75, 3.05) is 26.3 Å². The first kappa shape index (κ1) is 27.4. The zero-order valence-electron chi connectivity index (χ0n) is 23.0. The summed E-state index contributed by atoms with van der Waals surface area (Å²) in [6.45, 7) is 10.5. The van der Waals surface area contributed by atoms with Crippen LogP contribution in [0, 0.1) is 0 Å². The van der Waals surface area contributed by atoms with Gasteiger partial charge in [0.2, 0.25) is 0 Å². The molecule has 4 heterocycles. The minimum absolute atomic E-state index is 0.301. The van der Waals surface area contributed by atoms with Crippen molar-refractivity contribution in [3.05, 3.63) is 52.3 Å². The summed E-state index contributed by atoms with van der Waals surface area (Å²) in [7, 11) is 0. The normalized spacial score (nSPS) is 18.3. The first-order chi connectivity index (χ1) is 18.3. The number of nitrogens with zero attached hydrogens (tertiary/aromatic N) is 3. The lowest BCUT2D eigenvalue weighted by atomic mass is 9.86. The van der Waals surface area contributed by atoms with E-state index < -0.39 is 23.3 Å². The SMILES string of the molecule is CC(C)(C)OC(=O)N1CCOCC1c1cc(-c2cnc3[nH]cc(Cl)c3c2)cc2c1CN(C(=O)C(C)(C)O)CC2. The number of amides is 2. The van der Waals surface area contributed by atoms with Crippen LogP contribution in [-0.2, 0) is 27.2 Å². The summed E-state index contributed by atoms with van der Waals surface area (Å²) in [4.78, 5) is 37.3. The number of aromatic amines is 1. The monoisotopic (exact) mass is 554 g/mol. The third-order valence-corrected chi connectivity index (χ3v) is 7.43. The molecule has 2 aliphatic rings. The molecule has 1 unspecified atom stereocenters. The zero-order chi connectivity index (χ0) is 28.1. The molecule has 2 aromatic heterocycles. The van der Waals surface area contributed by atoms with E-state index in [1.165, 1.54) is 13.8 Å². The van der Waals surface area contributed by atoms with E-state index in [1.807, 2.05) is 26.8 Å². The average Bonchev–Trinajstić information content (AvgIpc) is 3.25. The fraction of sp³-hybridized carbons (Fsp3) is 0.483. The largest absolute Gasteiger partial charge is 0.444 e. The van der Waals surface area contributed by atoms with Crippen molar-refractivity contribution in [3.8, 4) is 11.1 Å². The Kier molecular flexibility index (Phi) is 7.11. The van der Waals surface area contributed by atoms with Crippen LogP contribution in [0.2, 0.25) is 5.02 Å². The highest BCUT2D eigenvalue weighted by Gasteiger charge is 2.37. The summed E-state index contributed by atoms with van der Waals surface area (Å²) < 4.78 is 11.6. The number of benzene rings is 1. The van der Waals surface area contributed by atoms with Crippen LogP contribution in [0.1, 0.15) is 57.4 Å². The Morgan fingerprint density at radius 2 is 1.92 bits per heavy atom. The number of aliphatic hydroxyl groups is 1. The van der Waals surface area contributed by atoms with Gasteiger partial charge in [-0.15, -0.1) is 0 Å². The van der Waals surface area contributed by atoms with E-state index in [-0.39, 0.29) is 5.91 Å². The molecule has 0 radical (unpaired) electrons. The Hall–Kier alpha value is -3.14. The average molecular weight is 555 g/mol. The predicted octanol–water partition coefficient (Wildman–Crippen LogP) is 4.85. The van der Waals surface area contributed by atoms with Crippen molar-refractivity contribution < 1.29 is 24.2 Å². The second-order valence-electron chi connectivity index (χ2n) is 11.8. The molecule has 2 N–H and O–H groups in total. The van der Waals surface area contributed by atoms with Crippen LogP contribution in [0.25, 0.3) is 22.2 Å². The number of halogens is 1. The molecule has 2 amide bonds. The van der Waals surface area contributed by atoms with Crippen LogP contribution in [-0.4, -0.2) is 74.4 Å². The third kappa shape index (κ3) is 5.62. The maximum absolute atomic E-state index is 13.3. The molecule has 10 heteroatoms. The number of carbonyl (C=O) groups is 2. The lowest BCUT2D eigenvalue weighted by Crippen LogP contribution is -2.48. The number of hydrogen-bond donors (Lipinski definition) is 2. The molecule has 1 saturated heterocycles. The summed E-state index contributed by atoms with van der Waals surface area (Å²) in [5.74, 6) is -0.330. The van der Waals surface area contributed by atoms with Gasteiger partial charge >= 0.3 is 6.09 Å². The summed E-state index contributed by atoms with van der Waals surface area (Å²) in [5.41, 5.74) is 3.34. The Morgan fingerprint density at radius 1 is 1.15 bits per heavy atom. The second-order valence-corrected chi connectivity index (χ2v) is 12.2. The van der Waals surface area contributed by atoms with Crippen LogP contribution in [0.4, 0.5) is 4.79 Å². The molecule has 3 aromatic rings. The molecule has 0 saturated carbocycles. The maximum Gasteiger partial charge on any atom is 0.410 e. The smallest absolute Gasteiger partial charge is 0.410 e. The van der Waals surface area contributed by atoms with Crippen molar-refractivity contribution >= 4 is 34.6 Å². The molecule has 9 nitrogen and oxygen atoms in total. The highest BCUT2D eigenvalue weighted by Crippen LogP contribution is 2.38. The minimum Gasteiger partial charge on any atom is -0.444 e. The summed E-state index contributed by atoms with van der Waals surface area (Å²) in [6.07, 6.45) is 3.72. The number of ether oxygens (including phenoxy) is 2. The summed E-state index contributed by atoms with van der Waals surface area (Å²) in [6, 6.07) is 5.77. The van der Waals surface area contributed by atoms with Crippen molar-refractivity contribution in [1.82, 2.24) is 19.8 Å². The number of morpholine rings is 1. The number of pyridine rings is 1. The molecular formula is C29H35ClN4O5. The molecule has 0 spiro atoms. The van der Waals surface area contributed by atoms with E-state index >= 15 is 0 Å². The molecule has 0 aliphatic carbocycles. The molecular weight excluding hydrogens is 520 g/mol. The molecule has 5 rings (SSSR count). The first-order valence-corrected chi connectivity index (χ1v) is 13.6. The van der Waals surface area contributed by atoms with Crippen LogP contribution in [0.3, 0.4) is 0 Å². The highest BCUT2D eigenvalue weighted by atomic mass is 35.5. The van der Waals surface area contributed by atoms with Gasteiger partial charge in [0.1, 0.15) is 16.8 Å². The second kappa shape index (κ2) is 10.1. The third-order valence-electron chi connectivity index (χ3n) is 7.12. The Balaban J connectivity index is 1.62. The number of H-pyrrole nitrogens is 1. The number of hydrogen-bond acceptors (Lipinski definition) is 6. The number of fused-ring (bicyclic) bond motifs is 2. The molecule has 39 heavy (non-hydrogen) atoms. The summed E-state index contributed by atoms with van der Waals surface area (Å²) >= 11 is 6.39. The van der Waals surface area contributed by atoms with Crippen LogP contribution >= 0.6 is 11.6 Å². The Bertz CT molecular complexity index is 1420. The van der Waals surface area contributed by atoms with Crippen molar-refractivity contribution in [2.45, 2.75) is 64.8 Å². The zero-order valence-corrected chi connectivity index (χ0v) is 23.8. The molecule has 1 aromatic carbocycles. The Labute approximate surface area is 233 Å². The van der Waals surface area contributed by atoms with Gasteiger partial charge < -0.3 is 24.5 Å². The van der Waals surface area contributed by atoms with Crippen LogP contribution in [0.15, 0.2) is 30.6 Å².